The van der Waals surface area contributed by atoms with Crippen LogP contribution in [0.4, 0.5) is 0 Å². The Labute approximate surface area is 85.7 Å². The summed E-state index contributed by atoms with van der Waals surface area (Å²) >= 11 is 5.84. The molecule has 1 nitrogen and oxygen atoms in total. The summed E-state index contributed by atoms with van der Waals surface area (Å²) in [6, 6.07) is 2.19. The number of hydrogen-bond donors (Lipinski definition) is 0. The van der Waals surface area contributed by atoms with E-state index in [2.05, 4.69) is 38.3 Å². The number of hydrogen-bond acceptors (Lipinski definition) is 0. The van der Waals surface area contributed by atoms with Gasteiger partial charge in [-0.15, -0.1) is 11.6 Å². The van der Waals surface area contributed by atoms with Crippen molar-refractivity contribution in [1.82, 2.24) is 4.57 Å². The maximum absolute atomic E-state index is 5.84. The van der Waals surface area contributed by atoms with Crippen molar-refractivity contribution in [2.24, 2.45) is 5.92 Å². The standard InChI is InChI=1S/C11H18ClN/c1-8(2)7-13-9(3)5-11(6-12)10(13)4/h5,8H,6-7H2,1-4H3. The summed E-state index contributed by atoms with van der Waals surface area (Å²) < 4.78 is 2.35. The van der Waals surface area contributed by atoms with E-state index in [1.807, 2.05) is 0 Å². The SMILES string of the molecule is Cc1cc(CCl)c(C)n1CC(C)C. The molecular weight excluding hydrogens is 182 g/mol. The summed E-state index contributed by atoms with van der Waals surface area (Å²) in [5.41, 5.74) is 3.91. The van der Waals surface area contributed by atoms with Gasteiger partial charge in [-0.2, -0.15) is 0 Å². The molecule has 0 unspecified atom stereocenters. The van der Waals surface area contributed by atoms with Crippen LogP contribution >= 0.6 is 11.6 Å². The third kappa shape index (κ3) is 2.28. The van der Waals surface area contributed by atoms with Crippen LogP contribution in [0.15, 0.2) is 6.07 Å². The lowest BCUT2D eigenvalue weighted by Gasteiger charge is -2.11. The summed E-state index contributed by atoms with van der Waals surface area (Å²) in [4.78, 5) is 0. The number of alkyl halides is 1. The van der Waals surface area contributed by atoms with Gasteiger partial charge in [-0.1, -0.05) is 13.8 Å². The third-order valence-corrected chi connectivity index (χ3v) is 2.66. The Morgan fingerprint density at radius 1 is 1.38 bits per heavy atom. The van der Waals surface area contributed by atoms with Crippen LogP contribution in [0.3, 0.4) is 0 Å². The number of halogens is 1. The highest BCUT2D eigenvalue weighted by Crippen LogP contribution is 2.18. The van der Waals surface area contributed by atoms with Crippen molar-refractivity contribution in [2.75, 3.05) is 0 Å². The summed E-state index contributed by atoms with van der Waals surface area (Å²) in [7, 11) is 0. The van der Waals surface area contributed by atoms with Crippen molar-refractivity contribution in [3.63, 3.8) is 0 Å². The largest absolute Gasteiger partial charge is 0.349 e. The molecule has 1 rings (SSSR count). The Bertz CT molecular complexity index is 287. The molecule has 0 atom stereocenters. The zero-order valence-electron chi connectivity index (χ0n) is 8.89. The van der Waals surface area contributed by atoms with Gasteiger partial charge in [0.15, 0.2) is 0 Å². The average Bonchev–Trinajstić information content (AvgIpc) is 2.31. The average molecular weight is 200 g/mol. The molecule has 0 radical (unpaired) electrons. The molecule has 0 fully saturated rings. The second kappa shape index (κ2) is 4.19. The van der Waals surface area contributed by atoms with Gasteiger partial charge >= 0.3 is 0 Å². The molecule has 0 N–H and O–H groups in total. The van der Waals surface area contributed by atoms with Crippen LogP contribution in [-0.2, 0) is 12.4 Å². The molecule has 0 aliphatic heterocycles. The molecule has 1 aromatic heterocycles. The van der Waals surface area contributed by atoms with Crippen LogP contribution in [-0.4, -0.2) is 4.57 Å². The molecule has 13 heavy (non-hydrogen) atoms. The second-order valence-corrected chi connectivity index (χ2v) is 4.30. The van der Waals surface area contributed by atoms with Crippen LogP contribution in [0.2, 0.25) is 0 Å². The Balaban J connectivity index is 2.98. The van der Waals surface area contributed by atoms with Gasteiger partial charge in [-0.3, -0.25) is 0 Å². The van der Waals surface area contributed by atoms with Crippen molar-refractivity contribution in [1.29, 1.82) is 0 Å². The van der Waals surface area contributed by atoms with Crippen LogP contribution in [0.5, 0.6) is 0 Å². The first kappa shape index (κ1) is 10.6. The lowest BCUT2D eigenvalue weighted by Crippen LogP contribution is -2.07. The molecule has 0 spiro atoms. The van der Waals surface area contributed by atoms with E-state index in [1.165, 1.54) is 17.0 Å². The van der Waals surface area contributed by atoms with E-state index in [0.717, 1.165) is 6.54 Å². The van der Waals surface area contributed by atoms with Crippen LogP contribution < -0.4 is 0 Å². The van der Waals surface area contributed by atoms with Crippen LogP contribution in [0, 0.1) is 19.8 Å². The molecule has 0 aliphatic carbocycles. The van der Waals surface area contributed by atoms with Crippen molar-refractivity contribution in [2.45, 2.75) is 40.1 Å². The van der Waals surface area contributed by atoms with Gasteiger partial charge in [0, 0.05) is 23.8 Å². The Morgan fingerprint density at radius 3 is 2.38 bits per heavy atom. The zero-order chi connectivity index (χ0) is 10.0. The van der Waals surface area contributed by atoms with E-state index in [9.17, 15) is 0 Å². The molecule has 0 saturated carbocycles. The fraction of sp³-hybridized carbons (Fsp3) is 0.636. The van der Waals surface area contributed by atoms with Crippen molar-refractivity contribution < 1.29 is 0 Å². The Morgan fingerprint density at radius 2 is 2.00 bits per heavy atom. The molecule has 1 heterocycles. The van der Waals surface area contributed by atoms with E-state index >= 15 is 0 Å². The maximum Gasteiger partial charge on any atom is 0.0491 e. The second-order valence-electron chi connectivity index (χ2n) is 4.03. The molecule has 0 saturated heterocycles. The molecule has 0 bridgehead atoms. The van der Waals surface area contributed by atoms with Crippen molar-refractivity contribution in [3.05, 3.63) is 23.0 Å². The predicted octanol–water partition coefficient (Wildman–Crippen LogP) is 3.50. The molecule has 0 aromatic carbocycles. The number of aryl methyl sites for hydroxylation is 1. The summed E-state index contributed by atoms with van der Waals surface area (Å²) in [5, 5.41) is 0. The van der Waals surface area contributed by atoms with Crippen molar-refractivity contribution >= 4 is 11.6 Å². The summed E-state index contributed by atoms with van der Waals surface area (Å²) in [6.07, 6.45) is 0. The van der Waals surface area contributed by atoms with Gasteiger partial charge in [-0.05, 0) is 31.4 Å². The van der Waals surface area contributed by atoms with Gasteiger partial charge in [0.2, 0.25) is 0 Å². The van der Waals surface area contributed by atoms with E-state index in [0.29, 0.717) is 11.8 Å². The number of aromatic nitrogens is 1. The summed E-state index contributed by atoms with van der Waals surface area (Å²) in [5.74, 6) is 1.31. The van der Waals surface area contributed by atoms with Crippen LogP contribution in [0.1, 0.15) is 30.8 Å². The molecule has 1 aromatic rings. The van der Waals surface area contributed by atoms with Gasteiger partial charge in [0.1, 0.15) is 0 Å². The highest BCUT2D eigenvalue weighted by Gasteiger charge is 2.08. The molecule has 74 valence electrons. The smallest absolute Gasteiger partial charge is 0.0491 e. The fourth-order valence-corrected chi connectivity index (χ4v) is 1.92. The quantitative estimate of drug-likeness (QED) is 0.657. The zero-order valence-corrected chi connectivity index (χ0v) is 9.65. The first-order valence-corrected chi connectivity index (χ1v) is 5.31. The first-order valence-electron chi connectivity index (χ1n) is 4.77. The monoisotopic (exact) mass is 199 g/mol. The molecular formula is C11H18ClN. The molecule has 0 aliphatic rings. The van der Waals surface area contributed by atoms with Gasteiger partial charge in [0.05, 0.1) is 0 Å². The normalized spacial score (nSPS) is 11.2. The summed E-state index contributed by atoms with van der Waals surface area (Å²) in [6.45, 7) is 9.85. The van der Waals surface area contributed by atoms with Crippen molar-refractivity contribution in [3.8, 4) is 0 Å². The van der Waals surface area contributed by atoms with E-state index < -0.39 is 0 Å². The van der Waals surface area contributed by atoms with E-state index in [-0.39, 0.29) is 0 Å². The fourth-order valence-electron chi connectivity index (χ4n) is 1.65. The lowest BCUT2D eigenvalue weighted by molar-refractivity contribution is 0.508. The maximum atomic E-state index is 5.84. The van der Waals surface area contributed by atoms with Crippen LogP contribution in [0.25, 0.3) is 0 Å². The first-order chi connectivity index (χ1) is 6.06. The number of nitrogens with zero attached hydrogens (tertiary/aromatic N) is 1. The highest BCUT2D eigenvalue weighted by atomic mass is 35.5. The third-order valence-electron chi connectivity index (χ3n) is 2.37. The lowest BCUT2D eigenvalue weighted by atomic mass is 10.2. The predicted molar refractivity (Wildman–Crippen MR) is 58.3 cm³/mol. The minimum absolute atomic E-state index is 0.623. The highest BCUT2D eigenvalue weighted by molar-refractivity contribution is 6.17. The number of rotatable bonds is 3. The van der Waals surface area contributed by atoms with Gasteiger partial charge < -0.3 is 4.57 Å². The van der Waals surface area contributed by atoms with Gasteiger partial charge in [0.25, 0.3) is 0 Å². The van der Waals surface area contributed by atoms with E-state index in [4.69, 9.17) is 11.6 Å². The molecule has 2 heteroatoms. The topological polar surface area (TPSA) is 4.93 Å². The minimum atomic E-state index is 0.623. The Hall–Kier alpha value is -0.430. The van der Waals surface area contributed by atoms with E-state index in [1.54, 1.807) is 0 Å². The van der Waals surface area contributed by atoms with Gasteiger partial charge in [-0.25, -0.2) is 0 Å². The Kier molecular flexibility index (Phi) is 3.43. The molecule has 0 amide bonds. The minimum Gasteiger partial charge on any atom is -0.349 e.